The van der Waals surface area contributed by atoms with E-state index in [1.54, 1.807) is 30.3 Å². The second-order valence-electron chi connectivity index (χ2n) is 6.66. The van der Waals surface area contributed by atoms with Crippen LogP contribution in [-0.4, -0.2) is 27.5 Å². The Balaban J connectivity index is 1.78. The van der Waals surface area contributed by atoms with Crippen LogP contribution < -0.4 is 14.4 Å². The average molecular weight is 443 g/mol. The Labute approximate surface area is 181 Å². The fourth-order valence-corrected chi connectivity index (χ4v) is 4.36. The van der Waals surface area contributed by atoms with Gasteiger partial charge in [0.05, 0.1) is 17.2 Å². The van der Waals surface area contributed by atoms with Gasteiger partial charge in [-0.2, -0.15) is 0 Å². The molecule has 0 heterocycles. The van der Waals surface area contributed by atoms with E-state index in [4.69, 9.17) is 4.74 Å². The number of para-hydroxylation sites is 1. The molecule has 3 rings (SSSR count). The molecule has 0 aliphatic rings. The molecule has 0 aliphatic heterocycles. The molecule has 162 valence electrons. The number of nitrogens with zero attached hydrogens (tertiary/aromatic N) is 1. The number of halogens is 1. The number of amides is 1. The molecule has 6 nitrogen and oxygen atoms in total. The first-order chi connectivity index (χ1) is 14.9. The van der Waals surface area contributed by atoms with Gasteiger partial charge in [-0.25, -0.2) is 12.8 Å². The molecule has 31 heavy (non-hydrogen) atoms. The van der Waals surface area contributed by atoms with Crippen LogP contribution in [0.15, 0.2) is 83.8 Å². The van der Waals surface area contributed by atoms with Gasteiger partial charge in [0.15, 0.2) is 0 Å². The second-order valence-corrected chi connectivity index (χ2v) is 8.52. The van der Waals surface area contributed by atoms with E-state index in [1.807, 2.05) is 31.2 Å². The molecule has 8 heteroatoms. The molecule has 3 aromatic rings. The van der Waals surface area contributed by atoms with E-state index in [0.29, 0.717) is 18.0 Å². The zero-order valence-electron chi connectivity index (χ0n) is 17.0. The van der Waals surface area contributed by atoms with E-state index in [2.05, 4.69) is 5.32 Å². The van der Waals surface area contributed by atoms with Gasteiger partial charge in [-0.05, 0) is 61.0 Å². The van der Waals surface area contributed by atoms with E-state index >= 15 is 0 Å². The molecule has 0 bridgehead atoms. The molecule has 0 saturated carbocycles. The maximum Gasteiger partial charge on any atom is 0.264 e. The van der Waals surface area contributed by atoms with Crippen molar-refractivity contribution in [3.63, 3.8) is 0 Å². The number of sulfonamides is 1. The summed E-state index contributed by atoms with van der Waals surface area (Å²) in [6, 6.07) is 20.1. The van der Waals surface area contributed by atoms with E-state index in [1.165, 1.54) is 12.1 Å². The molecule has 0 radical (unpaired) electrons. The smallest absolute Gasteiger partial charge is 0.264 e. The van der Waals surface area contributed by atoms with Crippen molar-refractivity contribution in [3.8, 4) is 5.75 Å². The van der Waals surface area contributed by atoms with Crippen LogP contribution in [0.3, 0.4) is 0 Å². The predicted octanol–water partition coefficient (Wildman–Crippen LogP) is 3.74. The van der Waals surface area contributed by atoms with E-state index in [0.717, 1.165) is 22.0 Å². The van der Waals surface area contributed by atoms with Crippen LogP contribution in [0.1, 0.15) is 12.5 Å². The zero-order chi connectivity index (χ0) is 22.3. The van der Waals surface area contributed by atoms with E-state index < -0.39 is 28.3 Å². The van der Waals surface area contributed by atoms with Crippen LogP contribution in [0.25, 0.3) is 0 Å². The lowest BCUT2D eigenvalue weighted by Crippen LogP contribution is -2.40. The first-order valence-electron chi connectivity index (χ1n) is 9.72. The van der Waals surface area contributed by atoms with Crippen LogP contribution >= 0.6 is 0 Å². The fraction of sp³-hybridized carbons (Fsp3) is 0.174. The number of carbonyl (C=O) groups excluding carboxylic acids is 1. The summed E-state index contributed by atoms with van der Waals surface area (Å²) in [6.45, 7) is 2.21. The summed E-state index contributed by atoms with van der Waals surface area (Å²) in [7, 11) is -4.08. The van der Waals surface area contributed by atoms with Crippen molar-refractivity contribution < 1.29 is 22.3 Å². The highest BCUT2D eigenvalue weighted by Gasteiger charge is 2.27. The molecule has 0 unspecified atom stereocenters. The molecule has 1 N–H and O–H groups in total. The average Bonchev–Trinajstić information content (AvgIpc) is 2.77. The Bertz CT molecular complexity index is 1120. The number of hydrogen-bond donors (Lipinski definition) is 1. The zero-order valence-corrected chi connectivity index (χ0v) is 17.8. The van der Waals surface area contributed by atoms with Gasteiger partial charge in [0.2, 0.25) is 5.91 Å². The molecule has 0 fully saturated rings. The standard InChI is InChI=1S/C23H23FN2O4S/c1-2-30-21-10-6-7-18(15-21)16-25-23(27)17-26(20-8-4-3-5-9-20)31(28,29)22-13-11-19(24)12-14-22/h3-15H,2,16-17H2,1H3,(H,25,27). The maximum atomic E-state index is 13.3. The van der Waals surface area contributed by atoms with Crippen molar-refractivity contribution >= 4 is 21.6 Å². The molecular weight excluding hydrogens is 419 g/mol. The van der Waals surface area contributed by atoms with Crippen molar-refractivity contribution in [3.05, 3.63) is 90.2 Å². The highest BCUT2D eigenvalue weighted by Crippen LogP contribution is 2.23. The number of nitrogens with one attached hydrogen (secondary N) is 1. The van der Waals surface area contributed by atoms with Gasteiger partial charge < -0.3 is 10.1 Å². The summed E-state index contributed by atoms with van der Waals surface area (Å²) < 4.78 is 46.1. The minimum atomic E-state index is -4.08. The normalized spacial score (nSPS) is 11.0. The third-order valence-electron chi connectivity index (χ3n) is 4.43. The number of rotatable bonds is 9. The summed E-state index contributed by atoms with van der Waals surface area (Å²) in [5, 5.41) is 2.74. The highest BCUT2D eigenvalue weighted by molar-refractivity contribution is 7.92. The Kier molecular flexibility index (Phi) is 7.25. The van der Waals surface area contributed by atoms with Crippen LogP contribution in [0.4, 0.5) is 10.1 Å². The SMILES string of the molecule is CCOc1cccc(CNC(=O)CN(c2ccccc2)S(=O)(=O)c2ccc(F)cc2)c1. The molecule has 0 atom stereocenters. The molecule has 0 spiro atoms. The Morgan fingerprint density at radius 1 is 1.00 bits per heavy atom. The summed E-state index contributed by atoms with van der Waals surface area (Å²) in [6.07, 6.45) is 0. The van der Waals surface area contributed by atoms with Crippen LogP contribution in [0.2, 0.25) is 0 Å². The number of ether oxygens (including phenoxy) is 1. The number of carbonyl (C=O) groups is 1. The van der Waals surface area contributed by atoms with Crippen molar-refractivity contribution in [2.45, 2.75) is 18.4 Å². The van der Waals surface area contributed by atoms with Crippen LogP contribution in [0, 0.1) is 5.82 Å². The monoisotopic (exact) mass is 442 g/mol. The minimum Gasteiger partial charge on any atom is -0.494 e. The third-order valence-corrected chi connectivity index (χ3v) is 6.22. The van der Waals surface area contributed by atoms with Crippen molar-refractivity contribution in [1.82, 2.24) is 5.32 Å². The summed E-state index contributed by atoms with van der Waals surface area (Å²) in [4.78, 5) is 12.5. The maximum absolute atomic E-state index is 13.3. The molecule has 3 aromatic carbocycles. The van der Waals surface area contributed by atoms with Crippen molar-refractivity contribution in [2.75, 3.05) is 17.5 Å². The van der Waals surface area contributed by atoms with E-state index in [-0.39, 0.29) is 11.4 Å². The molecule has 0 saturated heterocycles. The van der Waals surface area contributed by atoms with Gasteiger partial charge in [0.1, 0.15) is 18.1 Å². The van der Waals surface area contributed by atoms with Crippen molar-refractivity contribution in [2.24, 2.45) is 0 Å². The summed E-state index contributed by atoms with van der Waals surface area (Å²) in [5.74, 6) is -0.326. The Morgan fingerprint density at radius 2 is 1.71 bits per heavy atom. The minimum absolute atomic E-state index is 0.102. The number of benzene rings is 3. The van der Waals surface area contributed by atoms with Gasteiger partial charge in [0, 0.05) is 6.54 Å². The fourth-order valence-electron chi connectivity index (χ4n) is 2.94. The second kappa shape index (κ2) is 10.1. The quantitative estimate of drug-likeness (QED) is 0.548. The van der Waals surface area contributed by atoms with Gasteiger partial charge in [-0.15, -0.1) is 0 Å². The lowest BCUT2D eigenvalue weighted by molar-refractivity contribution is -0.119. The Hall–Kier alpha value is -3.39. The van der Waals surface area contributed by atoms with Gasteiger partial charge in [0.25, 0.3) is 10.0 Å². The largest absolute Gasteiger partial charge is 0.494 e. The first kappa shape index (κ1) is 22.3. The third kappa shape index (κ3) is 5.82. The van der Waals surface area contributed by atoms with Crippen LogP contribution in [-0.2, 0) is 21.4 Å². The molecule has 0 aromatic heterocycles. The number of hydrogen-bond acceptors (Lipinski definition) is 4. The van der Waals surface area contributed by atoms with Gasteiger partial charge >= 0.3 is 0 Å². The summed E-state index contributed by atoms with van der Waals surface area (Å²) in [5.41, 5.74) is 1.16. The lowest BCUT2D eigenvalue weighted by atomic mass is 10.2. The summed E-state index contributed by atoms with van der Waals surface area (Å²) >= 11 is 0. The van der Waals surface area contributed by atoms with Gasteiger partial charge in [-0.1, -0.05) is 30.3 Å². The first-order valence-corrected chi connectivity index (χ1v) is 11.2. The highest BCUT2D eigenvalue weighted by atomic mass is 32.2. The lowest BCUT2D eigenvalue weighted by Gasteiger charge is -2.24. The van der Waals surface area contributed by atoms with Crippen molar-refractivity contribution in [1.29, 1.82) is 0 Å². The molecular formula is C23H23FN2O4S. The number of anilines is 1. The van der Waals surface area contributed by atoms with Gasteiger partial charge in [-0.3, -0.25) is 9.10 Å². The van der Waals surface area contributed by atoms with Crippen LogP contribution in [0.5, 0.6) is 5.75 Å². The molecule has 1 amide bonds. The molecule has 0 aliphatic carbocycles. The Morgan fingerprint density at radius 3 is 2.39 bits per heavy atom. The predicted molar refractivity (Wildman–Crippen MR) is 117 cm³/mol. The van der Waals surface area contributed by atoms with E-state index in [9.17, 15) is 17.6 Å². The topological polar surface area (TPSA) is 75.7 Å².